The molecule has 0 aliphatic carbocycles. The summed E-state index contributed by atoms with van der Waals surface area (Å²) in [5.74, 6) is 0. The van der Waals surface area contributed by atoms with Crippen molar-refractivity contribution in [3.63, 3.8) is 0 Å². The van der Waals surface area contributed by atoms with Crippen LogP contribution in [0.5, 0.6) is 0 Å². The van der Waals surface area contributed by atoms with Crippen molar-refractivity contribution in [2.24, 2.45) is 0 Å². The topological polar surface area (TPSA) is 12.9 Å². The van der Waals surface area contributed by atoms with Crippen LogP contribution in [0.25, 0.3) is 0 Å². The number of aromatic nitrogens is 1. The van der Waals surface area contributed by atoms with Gasteiger partial charge in [-0.25, -0.2) is 0 Å². The Labute approximate surface area is 110 Å². The Kier molecular flexibility index (Phi) is 3.92. The maximum absolute atomic E-state index is 4.65. The molecule has 1 aromatic rings. The van der Waals surface area contributed by atoms with E-state index in [1.165, 1.54) is 5.69 Å². The maximum atomic E-state index is 4.65. The summed E-state index contributed by atoms with van der Waals surface area (Å²) in [6.07, 6.45) is 1.94. The van der Waals surface area contributed by atoms with E-state index in [-0.39, 0.29) is 0 Å². The summed E-state index contributed by atoms with van der Waals surface area (Å²) in [6, 6.07) is 6.36. The van der Waals surface area contributed by atoms with Gasteiger partial charge in [0.1, 0.15) is 0 Å². The van der Waals surface area contributed by atoms with Gasteiger partial charge in [0.25, 0.3) is 0 Å². The molecule has 0 spiro atoms. The fraction of sp³-hybridized carbons (Fsp3) is 0.583. The van der Waals surface area contributed by atoms with Gasteiger partial charge in [0.2, 0.25) is 0 Å². The van der Waals surface area contributed by atoms with Crippen molar-refractivity contribution in [3.05, 3.63) is 30.1 Å². The normalized spacial score (nSPS) is 13.9. The van der Waals surface area contributed by atoms with Gasteiger partial charge in [0.15, 0.2) is 0 Å². The van der Waals surface area contributed by atoms with E-state index < -0.39 is 16.1 Å². The Morgan fingerprint density at radius 2 is 1.50 bits per heavy atom. The molecule has 1 aromatic heterocycles. The average molecular weight is 309 g/mol. The predicted octanol–water partition coefficient (Wildman–Crippen LogP) is 3.20. The summed E-state index contributed by atoms with van der Waals surface area (Å²) in [4.78, 5) is 4.65. The van der Waals surface area contributed by atoms with Crippen LogP contribution in [-0.4, -0.2) is 37.6 Å². The molecular formula is C12H22GeNSi2. The van der Waals surface area contributed by atoms with Crippen LogP contribution >= 0.6 is 0 Å². The summed E-state index contributed by atoms with van der Waals surface area (Å²) >= 11 is 2.45. The molecule has 1 rings (SSSR count). The van der Waals surface area contributed by atoms with Crippen LogP contribution in [0.2, 0.25) is 39.3 Å². The molecule has 87 valence electrons. The molecule has 0 aromatic carbocycles. The zero-order chi connectivity index (χ0) is 12.6. The monoisotopic (exact) mass is 310 g/mol. The Bertz CT molecular complexity index is 338. The Hall–Kier alpha value is 0.127. The van der Waals surface area contributed by atoms with Crippen molar-refractivity contribution in [2.75, 3.05) is 0 Å². The van der Waals surface area contributed by atoms with Crippen LogP contribution in [0.4, 0.5) is 0 Å². The third kappa shape index (κ3) is 2.36. The zero-order valence-corrected chi connectivity index (χ0v) is 15.4. The second-order valence-electron chi connectivity index (χ2n) is 6.46. The molecule has 4 heteroatoms. The third-order valence-electron chi connectivity index (χ3n) is 3.30. The minimum atomic E-state index is -1.29. The zero-order valence-electron chi connectivity index (χ0n) is 11.3. The van der Waals surface area contributed by atoms with Crippen LogP contribution in [0.1, 0.15) is 5.69 Å². The van der Waals surface area contributed by atoms with Crippen molar-refractivity contribution in [2.45, 2.75) is 42.8 Å². The molecule has 0 fully saturated rings. The molecule has 0 aliphatic heterocycles. The van der Waals surface area contributed by atoms with E-state index in [0.717, 1.165) is 0 Å². The van der Waals surface area contributed by atoms with Gasteiger partial charge < -0.3 is 0 Å². The molecular weight excluding hydrogens is 287 g/mol. The molecule has 0 aliphatic rings. The van der Waals surface area contributed by atoms with Crippen molar-refractivity contribution >= 4 is 32.7 Å². The first kappa shape index (κ1) is 14.2. The number of hydrogen-bond acceptors (Lipinski definition) is 1. The van der Waals surface area contributed by atoms with Gasteiger partial charge in [-0.1, -0.05) is 0 Å². The van der Waals surface area contributed by atoms with E-state index >= 15 is 0 Å². The third-order valence-corrected chi connectivity index (χ3v) is 22.8. The molecule has 0 N–H and O–H groups in total. The van der Waals surface area contributed by atoms with Gasteiger partial charge in [0.05, 0.1) is 0 Å². The fourth-order valence-corrected chi connectivity index (χ4v) is 13.6. The molecule has 0 saturated carbocycles. The van der Waals surface area contributed by atoms with Crippen molar-refractivity contribution < 1.29 is 0 Å². The summed E-state index contributed by atoms with van der Waals surface area (Å²) < 4.78 is 0.335. The number of pyridine rings is 1. The van der Waals surface area contributed by atoms with Gasteiger partial charge in [-0.2, -0.15) is 0 Å². The van der Waals surface area contributed by atoms with Crippen LogP contribution in [-0.2, 0) is 3.49 Å². The van der Waals surface area contributed by atoms with E-state index in [4.69, 9.17) is 0 Å². The first-order valence-electron chi connectivity index (χ1n) is 5.77. The summed E-state index contributed by atoms with van der Waals surface area (Å²) in [5.41, 5.74) is 1.31. The quantitative estimate of drug-likeness (QED) is 0.782. The Balaban J connectivity index is 3.39. The van der Waals surface area contributed by atoms with Gasteiger partial charge in [-0.15, -0.1) is 0 Å². The van der Waals surface area contributed by atoms with E-state index in [1.54, 1.807) is 0 Å². The molecule has 0 unspecified atom stereocenters. The molecule has 0 saturated heterocycles. The van der Waals surface area contributed by atoms with E-state index in [1.807, 2.05) is 12.3 Å². The second-order valence-corrected chi connectivity index (χ2v) is 21.1. The number of rotatable bonds is 3. The van der Waals surface area contributed by atoms with Gasteiger partial charge in [0, 0.05) is 0 Å². The van der Waals surface area contributed by atoms with Crippen LogP contribution in [0, 0.1) is 0 Å². The first-order chi connectivity index (χ1) is 7.11. The summed E-state index contributed by atoms with van der Waals surface area (Å²) in [7, 11) is -2.58. The average Bonchev–Trinajstić information content (AvgIpc) is 2.14. The van der Waals surface area contributed by atoms with Crippen LogP contribution < -0.4 is 0 Å². The predicted molar refractivity (Wildman–Crippen MR) is 78.4 cm³/mol. The SMILES string of the molecule is C[Si](C)(C)[C]([Ge])(c1ccccn1)[Si](C)(C)C. The van der Waals surface area contributed by atoms with Crippen molar-refractivity contribution in [3.8, 4) is 0 Å². The van der Waals surface area contributed by atoms with Gasteiger partial charge in [-0.3, -0.25) is 0 Å². The van der Waals surface area contributed by atoms with E-state index in [9.17, 15) is 0 Å². The van der Waals surface area contributed by atoms with Crippen LogP contribution in [0.3, 0.4) is 0 Å². The molecule has 0 atom stereocenters. The number of hydrogen-bond donors (Lipinski definition) is 0. The Morgan fingerprint density at radius 3 is 1.81 bits per heavy atom. The standard InChI is InChI=1S/C12H22GeNSi2/c1-15(2,3)12(13,16(4,5)6)11-9-7-8-10-14-11/h7-10H,1-6H3. The van der Waals surface area contributed by atoms with Crippen molar-refractivity contribution in [1.29, 1.82) is 0 Å². The molecule has 0 bridgehead atoms. The molecule has 16 heavy (non-hydrogen) atoms. The van der Waals surface area contributed by atoms with Gasteiger partial charge >= 0.3 is 111 Å². The molecule has 0 amide bonds. The Morgan fingerprint density at radius 1 is 1.00 bits per heavy atom. The van der Waals surface area contributed by atoms with E-state index in [2.05, 4.69) is 72.9 Å². The summed E-state index contributed by atoms with van der Waals surface area (Å²) in [5, 5.41) is 0. The van der Waals surface area contributed by atoms with E-state index in [0.29, 0.717) is 3.49 Å². The second kappa shape index (κ2) is 4.42. The fourth-order valence-electron chi connectivity index (χ4n) is 2.48. The van der Waals surface area contributed by atoms with Gasteiger partial charge in [-0.05, 0) is 0 Å². The van der Waals surface area contributed by atoms with Crippen molar-refractivity contribution in [1.82, 2.24) is 4.98 Å². The summed E-state index contributed by atoms with van der Waals surface area (Å²) in [6.45, 7) is 14.8. The molecule has 3 radical (unpaired) electrons. The van der Waals surface area contributed by atoms with Crippen LogP contribution in [0.15, 0.2) is 24.4 Å². The minimum absolute atomic E-state index is 0.335. The molecule has 1 heterocycles. The first-order valence-corrected chi connectivity index (χ1v) is 13.8. The number of nitrogens with zero attached hydrogens (tertiary/aromatic N) is 1. The molecule has 1 nitrogen and oxygen atoms in total.